The van der Waals surface area contributed by atoms with Crippen LogP contribution in [0.4, 0.5) is 5.69 Å². The van der Waals surface area contributed by atoms with Crippen molar-refractivity contribution in [1.82, 2.24) is 15.0 Å². The second-order valence-corrected chi connectivity index (χ2v) is 7.27. The summed E-state index contributed by atoms with van der Waals surface area (Å²) < 4.78 is 4.98. The fourth-order valence-corrected chi connectivity index (χ4v) is 3.54. The summed E-state index contributed by atoms with van der Waals surface area (Å²) in [5, 5.41) is 7.19. The molecule has 0 spiro atoms. The summed E-state index contributed by atoms with van der Waals surface area (Å²) in [7, 11) is 0. The number of benzene rings is 1. The Hall–Kier alpha value is -2.37. The van der Waals surface area contributed by atoms with E-state index in [9.17, 15) is 4.79 Å². The molecule has 6 nitrogen and oxygen atoms in total. The molecule has 2 heterocycles. The van der Waals surface area contributed by atoms with E-state index in [1.54, 1.807) is 6.92 Å². The zero-order valence-corrected chi connectivity index (χ0v) is 15.4. The lowest BCUT2D eigenvalue weighted by atomic mass is 9.91. The molecule has 0 saturated carbocycles. The summed E-state index contributed by atoms with van der Waals surface area (Å²) in [5.74, 6) is 2.37. The lowest BCUT2D eigenvalue weighted by Gasteiger charge is -2.35. The smallest absolute Gasteiger partial charge is 0.253 e. The molecule has 1 amide bonds. The minimum atomic E-state index is 0.108. The van der Waals surface area contributed by atoms with Gasteiger partial charge in [0.25, 0.3) is 5.91 Å². The number of piperidine rings is 1. The summed E-state index contributed by atoms with van der Waals surface area (Å²) in [6.07, 6.45) is 1.19. The molecule has 0 aliphatic carbocycles. The van der Waals surface area contributed by atoms with Gasteiger partial charge in [-0.25, -0.2) is 0 Å². The van der Waals surface area contributed by atoms with Gasteiger partial charge in [-0.2, -0.15) is 4.98 Å². The third-order valence-electron chi connectivity index (χ3n) is 4.65. The molecule has 1 aromatic carbocycles. The van der Waals surface area contributed by atoms with Crippen molar-refractivity contribution in [2.45, 2.75) is 40.7 Å². The van der Waals surface area contributed by atoms with E-state index in [1.807, 2.05) is 30.0 Å². The number of nitrogens with one attached hydrogen (secondary N) is 1. The van der Waals surface area contributed by atoms with E-state index in [-0.39, 0.29) is 5.91 Å². The molecule has 6 heteroatoms. The zero-order valence-electron chi connectivity index (χ0n) is 15.4. The Morgan fingerprint density at radius 3 is 2.64 bits per heavy atom. The minimum Gasteiger partial charge on any atom is -0.377 e. The van der Waals surface area contributed by atoms with Crippen molar-refractivity contribution in [3.8, 4) is 0 Å². The van der Waals surface area contributed by atoms with Crippen molar-refractivity contribution in [3.63, 3.8) is 0 Å². The van der Waals surface area contributed by atoms with E-state index in [4.69, 9.17) is 4.52 Å². The van der Waals surface area contributed by atoms with Crippen LogP contribution in [0.1, 0.15) is 47.9 Å². The molecule has 25 heavy (non-hydrogen) atoms. The van der Waals surface area contributed by atoms with E-state index in [2.05, 4.69) is 29.3 Å². The maximum atomic E-state index is 12.9. The molecule has 1 aliphatic rings. The Labute approximate surface area is 148 Å². The first kappa shape index (κ1) is 17.5. The monoisotopic (exact) mass is 342 g/mol. The first-order chi connectivity index (χ1) is 11.9. The number of carbonyl (C=O) groups excluding carboxylic acids is 1. The molecule has 0 radical (unpaired) electrons. The number of rotatable bonds is 4. The Bertz CT molecular complexity index is 746. The van der Waals surface area contributed by atoms with Gasteiger partial charge in [-0.1, -0.05) is 25.1 Å². The fraction of sp³-hybridized carbons (Fsp3) is 0.526. The van der Waals surface area contributed by atoms with Gasteiger partial charge in [0, 0.05) is 31.3 Å². The molecule has 3 rings (SSSR count). The summed E-state index contributed by atoms with van der Waals surface area (Å²) >= 11 is 0. The first-order valence-corrected chi connectivity index (χ1v) is 8.85. The van der Waals surface area contributed by atoms with Gasteiger partial charge in [0.2, 0.25) is 5.89 Å². The van der Waals surface area contributed by atoms with Gasteiger partial charge in [0.15, 0.2) is 5.82 Å². The molecule has 2 atom stereocenters. The SMILES string of the molecule is Cc1nc(CNc2cc(C(=O)N3CC(C)CC(C)C3)ccc2C)no1. The van der Waals surface area contributed by atoms with Crippen molar-refractivity contribution in [2.75, 3.05) is 18.4 Å². The molecule has 1 N–H and O–H groups in total. The van der Waals surface area contributed by atoms with Crippen LogP contribution in [0.5, 0.6) is 0 Å². The van der Waals surface area contributed by atoms with Crippen molar-refractivity contribution in [1.29, 1.82) is 0 Å². The predicted molar refractivity (Wildman–Crippen MR) is 96.4 cm³/mol. The number of aromatic nitrogens is 2. The van der Waals surface area contributed by atoms with Crippen LogP contribution in [0, 0.1) is 25.7 Å². The third kappa shape index (κ3) is 4.18. The number of carbonyl (C=O) groups is 1. The number of anilines is 1. The Balaban J connectivity index is 1.72. The van der Waals surface area contributed by atoms with Crippen LogP contribution in [0.3, 0.4) is 0 Å². The molecule has 2 unspecified atom stereocenters. The van der Waals surface area contributed by atoms with Gasteiger partial charge in [-0.05, 0) is 42.9 Å². The quantitative estimate of drug-likeness (QED) is 0.922. The highest BCUT2D eigenvalue weighted by atomic mass is 16.5. The van der Waals surface area contributed by atoms with Crippen LogP contribution in [0.25, 0.3) is 0 Å². The molecular formula is C19H26N4O2. The standard InChI is InChI=1S/C19H26N4O2/c1-12-7-13(2)11-23(10-12)19(24)16-6-5-14(3)17(8-16)20-9-18-21-15(4)25-22-18/h5-6,8,12-13,20H,7,9-11H2,1-4H3. The second-order valence-electron chi connectivity index (χ2n) is 7.27. The topological polar surface area (TPSA) is 71.3 Å². The van der Waals surface area contributed by atoms with Gasteiger partial charge in [-0.15, -0.1) is 0 Å². The Morgan fingerprint density at radius 2 is 2.00 bits per heavy atom. The van der Waals surface area contributed by atoms with Crippen LogP contribution in [-0.2, 0) is 6.54 Å². The predicted octanol–water partition coefficient (Wildman–Crippen LogP) is 3.42. The van der Waals surface area contributed by atoms with Crippen LogP contribution in [-0.4, -0.2) is 34.0 Å². The number of hydrogen-bond donors (Lipinski definition) is 1. The molecule has 134 valence electrons. The van der Waals surface area contributed by atoms with Gasteiger partial charge < -0.3 is 14.7 Å². The highest BCUT2D eigenvalue weighted by Gasteiger charge is 2.26. The van der Waals surface area contributed by atoms with Crippen LogP contribution < -0.4 is 5.32 Å². The fourth-order valence-electron chi connectivity index (χ4n) is 3.54. The highest BCUT2D eigenvalue weighted by molar-refractivity contribution is 5.95. The summed E-state index contributed by atoms with van der Waals surface area (Å²) in [5.41, 5.74) is 2.72. The third-order valence-corrected chi connectivity index (χ3v) is 4.65. The normalized spacial score (nSPS) is 20.6. The van der Waals surface area contributed by atoms with Gasteiger partial charge >= 0.3 is 0 Å². The van der Waals surface area contributed by atoms with E-state index in [0.717, 1.165) is 29.9 Å². The maximum Gasteiger partial charge on any atom is 0.253 e. The Morgan fingerprint density at radius 1 is 1.28 bits per heavy atom. The number of likely N-dealkylation sites (tertiary alicyclic amines) is 1. The second kappa shape index (κ2) is 7.25. The van der Waals surface area contributed by atoms with Gasteiger partial charge in [0.1, 0.15) is 0 Å². The largest absolute Gasteiger partial charge is 0.377 e. The van der Waals surface area contributed by atoms with Crippen molar-refractivity contribution < 1.29 is 9.32 Å². The first-order valence-electron chi connectivity index (χ1n) is 8.85. The molecule has 0 bridgehead atoms. The lowest BCUT2D eigenvalue weighted by molar-refractivity contribution is 0.0623. The van der Waals surface area contributed by atoms with Crippen molar-refractivity contribution in [3.05, 3.63) is 41.0 Å². The summed E-state index contributed by atoms with van der Waals surface area (Å²) in [6.45, 7) is 10.3. The van der Waals surface area contributed by atoms with Gasteiger partial charge in [-0.3, -0.25) is 4.79 Å². The number of hydrogen-bond acceptors (Lipinski definition) is 5. The van der Waals surface area contributed by atoms with Crippen LogP contribution in [0.2, 0.25) is 0 Å². The number of amides is 1. The molecule has 1 saturated heterocycles. The zero-order chi connectivity index (χ0) is 18.0. The number of aryl methyl sites for hydroxylation is 2. The molecular weight excluding hydrogens is 316 g/mol. The molecule has 1 aromatic heterocycles. The molecule has 1 aliphatic heterocycles. The minimum absolute atomic E-state index is 0.108. The van der Waals surface area contributed by atoms with E-state index >= 15 is 0 Å². The molecule has 2 aromatic rings. The lowest BCUT2D eigenvalue weighted by Crippen LogP contribution is -2.42. The molecule has 1 fully saturated rings. The highest BCUT2D eigenvalue weighted by Crippen LogP contribution is 2.24. The number of nitrogens with zero attached hydrogens (tertiary/aromatic N) is 3. The maximum absolute atomic E-state index is 12.9. The van der Waals surface area contributed by atoms with Crippen molar-refractivity contribution >= 4 is 11.6 Å². The van der Waals surface area contributed by atoms with Crippen molar-refractivity contribution in [2.24, 2.45) is 11.8 Å². The van der Waals surface area contributed by atoms with Gasteiger partial charge in [0.05, 0.1) is 6.54 Å². The average Bonchev–Trinajstić information content (AvgIpc) is 2.98. The van der Waals surface area contributed by atoms with Crippen LogP contribution >= 0.6 is 0 Å². The summed E-state index contributed by atoms with van der Waals surface area (Å²) in [6, 6.07) is 5.81. The van der Waals surface area contributed by atoms with E-state index in [1.165, 1.54) is 6.42 Å². The van der Waals surface area contributed by atoms with E-state index < -0.39 is 0 Å². The van der Waals surface area contributed by atoms with E-state index in [0.29, 0.717) is 30.1 Å². The Kier molecular flexibility index (Phi) is 5.06. The van der Waals surface area contributed by atoms with Crippen LogP contribution in [0.15, 0.2) is 22.7 Å². The average molecular weight is 342 g/mol. The summed E-state index contributed by atoms with van der Waals surface area (Å²) in [4.78, 5) is 19.1.